The first-order valence-corrected chi connectivity index (χ1v) is 8.04. The number of benzene rings is 2. The minimum atomic E-state index is -0.520. The lowest BCUT2D eigenvalue weighted by Crippen LogP contribution is -2.35. The fourth-order valence-electron chi connectivity index (χ4n) is 1.84. The van der Waals surface area contributed by atoms with E-state index in [2.05, 4.69) is 5.32 Å². The zero-order valence-electron chi connectivity index (χ0n) is 12.2. The Morgan fingerprint density at radius 3 is 2.43 bits per heavy atom. The number of amides is 1. The summed E-state index contributed by atoms with van der Waals surface area (Å²) in [4.78, 5) is 13.2. The second-order valence-corrected chi connectivity index (χ2v) is 5.52. The molecule has 0 bridgehead atoms. The average Bonchev–Trinajstić information content (AvgIpc) is 2.54. The van der Waals surface area contributed by atoms with Gasteiger partial charge < -0.3 is 10.1 Å². The first kappa shape index (κ1) is 15.4. The van der Waals surface area contributed by atoms with Crippen LogP contribution >= 0.6 is 11.8 Å². The Hall–Kier alpha value is -1.94. The highest BCUT2D eigenvalue weighted by atomic mass is 32.2. The lowest BCUT2D eigenvalue weighted by atomic mass is 10.2. The highest BCUT2D eigenvalue weighted by Crippen LogP contribution is 2.19. The van der Waals surface area contributed by atoms with Gasteiger partial charge in [-0.15, -0.1) is 11.8 Å². The van der Waals surface area contributed by atoms with E-state index in [1.807, 2.05) is 60.9 Å². The van der Waals surface area contributed by atoms with Gasteiger partial charge in [-0.3, -0.25) is 4.79 Å². The lowest BCUT2D eigenvalue weighted by molar-refractivity contribution is -0.127. The first-order valence-electron chi connectivity index (χ1n) is 6.81. The van der Waals surface area contributed by atoms with E-state index < -0.39 is 6.10 Å². The van der Waals surface area contributed by atoms with E-state index in [1.165, 1.54) is 4.90 Å². The minimum Gasteiger partial charge on any atom is -0.481 e. The molecule has 0 heterocycles. The van der Waals surface area contributed by atoms with Crippen molar-refractivity contribution < 1.29 is 9.53 Å². The van der Waals surface area contributed by atoms with Crippen molar-refractivity contribution >= 4 is 17.7 Å². The third-order valence-corrected chi connectivity index (χ3v) is 3.79. The maximum atomic E-state index is 12.0. The van der Waals surface area contributed by atoms with Crippen LogP contribution in [0.3, 0.4) is 0 Å². The molecule has 1 amide bonds. The van der Waals surface area contributed by atoms with Crippen LogP contribution in [0.25, 0.3) is 0 Å². The van der Waals surface area contributed by atoms with Crippen molar-refractivity contribution in [1.82, 2.24) is 5.32 Å². The Morgan fingerprint density at radius 1 is 1.14 bits per heavy atom. The molecule has 4 heteroatoms. The van der Waals surface area contributed by atoms with Crippen molar-refractivity contribution in [2.24, 2.45) is 0 Å². The van der Waals surface area contributed by atoms with E-state index in [0.29, 0.717) is 12.3 Å². The van der Waals surface area contributed by atoms with Gasteiger partial charge in [-0.05, 0) is 43.0 Å². The van der Waals surface area contributed by atoms with Crippen molar-refractivity contribution in [1.29, 1.82) is 0 Å². The van der Waals surface area contributed by atoms with Crippen LogP contribution in [-0.2, 0) is 11.3 Å². The predicted molar refractivity (Wildman–Crippen MR) is 86.6 cm³/mol. The number of carbonyl (C=O) groups excluding carboxylic acids is 1. The number of nitrogens with one attached hydrogen (secondary N) is 1. The Balaban J connectivity index is 1.84. The van der Waals surface area contributed by atoms with Crippen LogP contribution in [0.5, 0.6) is 5.75 Å². The van der Waals surface area contributed by atoms with Gasteiger partial charge in [0.25, 0.3) is 5.91 Å². The van der Waals surface area contributed by atoms with Gasteiger partial charge in [0.15, 0.2) is 6.10 Å². The SMILES string of the molecule is CSc1ccc(OC(C)C(=O)NCc2ccccc2)cc1. The van der Waals surface area contributed by atoms with Gasteiger partial charge in [0.05, 0.1) is 0 Å². The van der Waals surface area contributed by atoms with Gasteiger partial charge in [0.2, 0.25) is 0 Å². The molecule has 0 radical (unpaired) electrons. The summed E-state index contributed by atoms with van der Waals surface area (Å²) < 4.78 is 5.64. The number of thioether (sulfide) groups is 1. The predicted octanol–water partition coefficient (Wildman–Crippen LogP) is 3.49. The number of hydrogen-bond donors (Lipinski definition) is 1. The van der Waals surface area contributed by atoms with Crippen LogP contribution in [0.2, 0.25) is 0 Å². The third kappa shape index (κ3) is 4.83. The van der Waals surface area contributed by atoms with Crippen molar-refractivity contribution in [3.05, 3.63) is 60.2 Å². The molecule has 1 atom stereocenters. The van der Waals surface area contributed by atoms with Gasteiger partial charge >= 0.3 is 0 Å². The van der Waals surface area contributed by atoms with Crippen LogP contribution < -0.4 is 10.1 Å². The Kier molecular flexibility index (Phi) is 5.69. The zero-order chi connectivity index (χ0) is 15.1. The van der Waals surface area contributed by atoms with Gasteiger partial charge in [-0.25, -0.2) is 0 Å². The number of ether oxygens (including phenoxy) is 1. The summed E-state index contributed by atoms with van der Waals surface area (Å²) >= 11 is 1.67. The molecule has 1 N–H and O–H groups in total. The van der Waals surface area contributed by atoms with Crippen LogP contribution in [0, 0.1) is 0 Å². The Morgan fingerprint density at radius 2 is 1.81 bits per heavy atom. The molecule has 0 saturated heterocycles. The van der Waals surface area contributed by atoms with Gasteiger partial charge in [0, 0.05) is 11.4 Å². The Labute approximate surface area is 129 Å². The molecule has 21 heavy (non-hydrogen) atoms. The lowest BCUT2D eigenvalue weighted by Gasteiger charge is -2.15. The summed E-state index contributed by atoms with van der Waals surface area (Å²) in [7, 11) is 0. The van der Waals surface area contributed by atoms with E-state index in [0.717, 1.165) is 5.56 Å². The van der Waals surface area contributed by atoms with E-state index in [1.54, 1.807) is 18.7 Å². The molecule has 2 rings (SSSR count). The first-order chi connectivity index (χ1) is 10.2. The summed E-state index contributed by atoms with van der Waals surface area (Å²) in [6, 6.07) is 17.5. The molecular formula is C17H19NO2S. The largest absolute Gasteiger partial charge is 0.481 e. The molecule has 1 unspecified atom stereocenters. The molecule has 0 aliphatic carbocycles. The maximum absolute atomic E-state index is 12.0. The Bertz CT molecular complexity index is 569. The van der Waals surface area contributed by atoms with Crippen LogP contribution in [0.4, 0.5) is 0 Å². The van der Waals surface area contributed by atoms with E-state index in [9.17, 15) is 4.79 Å². The summed E-state index contributed by atoms with van der Waals surface area (Å²) in [5.74, 6) is 0.586. The van der Waals surface area contributed by atoms with Crippen LogP contribution in [0.1, 0.15) is 12.5 Å². The highest BCUT2D eigenvalue weighted by Gasteiger charge is 2.14. The number of carbonyl (C=O) groups is 1. The second-order valence-electron chi connectivity index (χ2n) is 4.64. The monoisotopic (exact) mass is 301 g/mol. The molecule has 0 saturated carbocycles. The molecule has 0 aromatic heterocycles. The molecule has 110 valence electrons. The van der Waals surface area contributed by atoms with Gasteiger partial charge in [0.1, 0.15) is 5.75 Å². The van der Waals surface area contributed by atoms with Crippen LogP contribution in [0.15, 0.2) is 59.5 Å². The average molecular weight is 301 g/mol. The smallest absolute Gasteiger partial charge is 0.261 e. The molecule has 0 spiro atoms. The molecule has 2 aromatic carbocycles. The van der Waals surface area contributed by atoms with Gasteiger partial charge in [-0.2, -0.15) is 0 Å². The summed E-state index contributed by atoms with van der Waals surface area (Å²) in [6.45, 7) is 2.27. The highest BCUT2D eigenvalue weighted by molar-refractivity contribution is 7.98. The van der Waals surface area contributed by atoms with Gasteiger partial charge in [-0.1, -0.05) is 30.3 Å². The zero-order valence-corrected chi connectivity index (χ0v) is 13.0. The fourth-order valence-corrected chi connectivity index (χ4v) is 2.25. The molecule has 0 aliphatic rings. The topological polar surface area (TPSA) is 38.3 Å². The summed E-state index contributed by atoms with van der Waals surface area (Å²) in [5.41, 5.74) is 1.07. The second kappa shape index (κ2) is 7.74. The fraction of sp³-hybridized carbons (Fsp3) is 0.235. The molecule has 2 aromatic rings. The summed E-state index contributed by atoms with van der Waals surface area (Å²) in [5, 5.41) is 2.87. The van der Waals surface area contributed by atoms with Crippen molar-refractivity contribution in [2.75, 3.05) is 6.26 Å². The molecule has 0 fully saturated rings. The van der Waals surface area contributed by atoms with Crippen molar-refractivity contribution in [3.8, 4) is 5.75 Å². The maximum Gasteiger partial charge on any atom is 0.261 e. The molecule has 0 aliphatic heterocycles. The number of rotatable bonds is 6. The standard InChI is InChI=1S/C17H19NO2S/c1-13(20-15-8-10-16(21-2)11-9-15)17(19)18-12-14-6-4-3-5-7-14/h3-11,13H,12H2,1-2H3,(H,18,19). The van der Waals surface area contributed by atoms with E-state index in [-0.39, 0.29) is 5.91 Å². The minimum absolute atomic E-state index is 0.118. The van der Waals surface area contributed by atoms with E-state index in [4.69, 9.17) is 4.74 Å². The van der Waals surface area contributed by atoms with Crippen molar-refractivity contribution in [3.63, 3.8) is 0 Å². The van der Waals surface area contributed by atoms with Crippen molar-refractivity contribution in [2.45, 2.75) is 24.5 Å². The normalized spacial score (nSPS) is 11.7. The summed E-state index contributed by atoms with van der Waals surface area (Å²) in [6.07, 6.45) is 1.50. The molecular weight excluding hydrogens is 282 g/mol. The number of hydrogen-bond acceptors (Lipinski definition) is 3. The molecule has 3 nitrogen and oxygen atoms in total. The van der Waals surface area contributed by atoms with E-state index >= 15 is 0 Å². The van der Waals surface area contributed by atoms with Crippen LogP contribution in [-0.4, -0.2) is 18.3 Å². The third-order valence-electron chi connectivity index (χ3n) is 3.05. The quantitative estimate of drug-likeness (QED) is 0.830.